The zero-order chi connectivity index (χ0) is 16.7. The fourth-order valence-electron chi connectivity index (χ4n) is 4.39. The van der Waals surface area contributed by atoms with Crippen LogP contribution in [-0.2, 0) is 0 Å². The van der Waals surface area contributed by atoms with E-state index in [-0.39, 0.29) is 0 Å². The normalized spacial score (nSPS) is 33.9. The molecule has 1 heteroatoms. The van der Waals surface area contributed by atoms with Gasteiger partial charge in [-0.3, -0.25) is 0 Å². The lowest BCUT2D eigenvalue weighted by Gasteiger charge is -2.36. The average Bonchev–Trinajstić information content (AvgIpc) is 2.55. The van der Waals surface area contributed by atoms with Crippen LogP contribution < -0.4 is 0 Å². The molecule has 2 aliphatic carbocycles. The summed E-state index contributed by atoms with van der Waals surface area (Å²) in [5.74, 6) is 2.32. The second-order valence-electron chi connectivity index (χ2n) is 7.42. The zero-order valence-corrected chi connectivity index (χ0v) is 15.7. The summed E-state index contributed by atoms with van der Waals surface area (Å²) in [6, 6.07) is 0. The Morgan fingerprint density at radius 3 is 2.35 bits per heavy atom. The molecule has 2 aliphatic rings. The van der Waals surface area contributed by atoms with Crippen LogP contribution in [0.5, 0.6) is 0 Å². The standard InChI is InChI=1S/C22H33Cl/c1-4-6-9-18(8-5-2)22(19-14-12-17(3)13-15-19)20-10-7-11-21(23)16-20/h4-6,8-9,17,19-21H,1,7,10-16H2,2-3H3/b8-5-,9-6-,22-18-. The van der Waals surface area contributed by atoms with Crippen LogP contribution in [0.15, 0.2) is 48.1 Å². The van der Waals surface area contributed by atoms with Gasteiger partial charge in [-0.25, -0.2) is 0 Å². The largest absolute Gasteiger partial charge is 0.123 e. The van der Waals surface area contributed by atoms with Gasteiger partial charge in [-0.15, -0.1) is 11.6 Å². The van der Waals surface area contributed by atoms with E-state index in [0.717, 1.165) is 18.3 Å². The van der Waals surface area contributed by atoms with Crippen molar-refractivity contribution in [3.8, 4) is 0 Å². The lowest BCUT2D eigenvalue weighted by Crippen LogP contribution is -2.25. The maximum absolute atomic E-state index is 6.53. The molecule has 0 radical (unpaired) electrons. The summed E-state index contributed by atoms with van der Waals surface area (Å²) in [4.78, 5) is 0. The summed E-state index contributed by atoms with van der Waals surface area (Å²) < 4.78 is 0. The highest BCUT2D eigenvalue weighted by molar-refractivity contribution is 6.20. The van der Waals surface area contributed by atoms with Gasteiger partial charge >= 0.3 is 0 Å². The summed E-state index contributed by atoms with van der Waals surface area (Å²) in [6.45, 7) is 8.37. The van der Waals surface area contributed by atoms with Crippen molar-refractivity contribution in [1.82, 2.24) is 0 Å². The first-order chi connectivity index (χ1) is 11.2. The van der Waals surface area contributed by atoms with Gasteiger partial charge in [-0.1, -0.05) is 68.7 Å². The minimum atomic E-state index is 0.363. The first-order valence-electron chi connectivity index (χ1n) is 9.45. The number of hydrogen-bond donors (Lipinski definition) is 0. The number of hydrogen-bond acceptors (Lipinski definition) is 0. The molecule has 0 aromatic carbocycles. The van der Waals surface area contributed by atoms with Crippen molar-refractivity contribution in [2.45, 2.75) is 70.6 Å². The van der Waals surface area contributed by atoms with Gasteiger partial charge in [0.2, 0.25) is 0 Å². The molecular formula is C22H33Cl. The molecule has 0 heterocycles. The van der Waals surface area contributed by atoms with Gasteiger partial charge in [0.05, 0.1) is 0 Å². The van der Waals surface area contributed by atoms with E-state index in [1.54, 1.807) is 5.57 Å². The predicted molar refractivity (Wildman–Crippen MR) is 104 cm³/mol. The third kappa shape index (κ3) is 5.38. The Hall–Kier alpha value is -0.750. The summed E-state index contributed by atoms with van der Waals surface area (Å²) in [7, 11) is 0. The third-order valence-electron chi connectivity index (χ3n) is 5.60. The van der Waals surface area contributed by atoms with Crippen molar-refractivity contribution in [2.75, 3.05) is 0 Å². The summed E-state index contributed by atoms with van der Waals surface area (Å²) in [5.41, 5.74) is 3.11. The molecule has 2 fully saturated rings. The fourth-order valence-corrected chi connectivity index (χ4v) is 4.76. The van der Waals surface area contributed by atoms with Crippen molar-refractivity contribution in [2.24, 2.45) is 17.8 Å². The molecular weight excluding hydrogens is 300 g/mol. The average molecular weight is 333 g/mol. The van der Waals surface area contributed by atoms with E-state index in [1.165, 1.54) is 50.5 Å². The second-order valence-corrected chi connectivity index (χ2v) is 8.04. The van der Waals surface area contributed by atoms with Gasteiger partial charge in [0, 0.05) is 5.38 Å². The zero-order valence-electron chi connectivity index (χ0n) is 14.9. The number of allylic oxidation sites excluding steroid dienone is 7. The summed E-state index contributed by atoms with van der Waals surface area (Å²) >= 11 is 6.53. The topological polar surface area (TPSA) is 0 Å². The molecule has 0 spiro atoms. The van der Waals surface area contributed by atoms with Crippen molar-refractivity contribution < 1.29 is 0 Å². The Balaban J connectivity index is 2.35. The van der Waals surface area contributed by atoms with Gasteiger partial charge in [-0.2, -0.15) is 0 Å². The van der Waals surface area contributed by atoms with E-state index in [0.29, 0.717) is 11.3 Å². The lowest BCUT2D eigenvalue weighted by atomic mass is 9.70. The fraction of sp³-hybridized carbons (Fsp3) is 0.636. The van der Waals surface area contributed by atoms with Crippen molar-refractivity contribution in [3.05, 3.63) is 48.1 Å². The minimum absolute atomic E-state index is 0.363. The van der Waals surface area contributed by atoms with Gasteiger partial charge in [0.25, 0.3) is 0 Å². The molecule has 0 aliphatic heterocycles. The van der Waals surface area contributed by atoms with Crippen LogP contribution in [0.1, 0.15) is 65.2 Å². The van der Waals surface area contributed by atoms with Crippen LogP contribution in [0.3, 0.4) is 0 Å². The first kappa shape index (κ1) is 18.6. The van der Waals surface area contributed by atoms with Crippen molar-refractivity contribution in [1.29, 1.82) is 0 Å². The summed E-state index contributed by atoms with van der Waals surface area (Å²) in [6.07, 6.45) is 21.1. The van der Waals surface area contributed by atoms with E-state index in [4.69, 9.17) is 11.6 Å². The maximum Gasteiger partial charge on any atom is 0.0341 e. The molecule has 0 bridgehead atoms. The molecule has 23 heavy (non-hydrogen) atoms. The molecule has 2 atom stereocenters. The molecule has 2 rings (SSSR count). The van der Waals surface area contributed by atoms with Crippen LogP contribution in [0, 0.1) is 17.8 Å². The number of alkyl halides is 1. The Labute approximate surface area is 148 Å². The van der Waals surface area contributed by atoms with Crippen molar-refractivity contribution in [3.63, 3.8) is 0 Å². The van der Waals surface area contributed by atoms with E-state index in [2.05, 4.69) is 44.7 Å². The number of halogens is 1. The lowest BCUT2D eigenvalue weighted by molar-refractivity contribution is 0.285. The van der Waals surface area contributed by atoms with E-state index < -0.39 is 0 Å². The molecule has 2 saturated carbocycles. The molecule has 0 amide bonds. The Morgan fingerprint density at radius 2 is 1.74 bits per heavy atom. The van der Waals surface area contributed by atoms with Gasteiger partial charge in [-0.05, 0) is 62.4 Å². The highest BCUT2D eigenvalue weighted by atomic mass is 35.5. The van der Waals surface area contributed by atoms with E-state index in [1.807, 2.05) is 6.08 Å². The highest BCUT2D eigenvalue weighted by Gasteiger charge is 2.31. The SMILES string of the molecule is C=C\C=C/C(/C=C\C)=C(/C1CCC(C)CC1)C1CCCC(Cl)C1. The monoisotopic (exact) mass is 332 g/mol. The second kappa shape index (κ2) is 9.52. The predicted octanol–water partition coefficient (Wildman–Crippen LogP) is 7.23. The highest BCUT2D eigenvalue weighted by Crippen LogP contribution is 2.43. The third-order valence-corrected chi connectivity index (χ3v) is 5.99. The Kier molecular flexibility index (Phi) is 7.70. The van der Waals surface area contributed by atoms with E-state index in [9.17, 15) is 0 Å². The van der Waals surface area contributed by atoms with E-state index >= 15 is 0 Å². The first-order valence-corrected chi connectivity index (χ1v) is 9.89. The Morgan fingerprint density at radius 1 is 1.00 bits per heavy atom. The quantitative estimate of drug-likeness (QED) is 0.368. The van der Waals surface area contributed by atoms with Crippen LogP contribution in [0.25, 0.3) is 0 Å². The molecule has 128 valence electrons. The molecule has 0 nitrogen and oxygen atoms in total. The van der Waals surface area contributed by atoms with Gasteiger partial charge in [0.15, 0.2) is 0 Å². The van der Waals surface area contributed by atoms with Crippen LogP contribution in [-0.4, -0.2) is 5.38 Å². The van der Waals surface area contributed by atoms with Gasteiger partial charge in [0.1, 0.15) is 0 Å². The van der Waals surface area contributed by atoms with Crippen LogP contribution in [0.2, 0.25) is 0 Å². The van der Waals surface area contributed by atoms with Crippen molar-refractivity contribution >= 4 is 11.6 Å². The minimum Gasteiger partial charge on any atom is -0.123 e. The molecule has 0 aromatic rings. The summed E-state index contributed by atoms with van der Waals surface area (Å²) in [5, 5.41) is 0.363. The molecule has 0 N–H and O–H groups in total. The smallest absolute Gasteiger partial charge is 0.0341 e. The Bertz CT molecular complexity index is 460. The number of rotatable bonds is 5. The molecule has 0 aromatic heterocycles. The van der Waals surface area contributed by atoms with Gasteiger partial charge < -0.3 is 0 Å². The van der Waals surface area contributed by atoms with Crippen LogP contribution in [0.4, 0.5) is 0 Å². The molecule has 0 saturated heterocycles. The van der Waals surface area contributed by atoms with Crippen LogP contribution >= 0.6 is 11.6 Å². The molecule has 2 unspecified atom stereocenters. The maximum atomic E-state index is 6.53.